The standard InChI is InChI=1S/C14H16BrN3O/c1-9-10(2)14-16-7-12(18(14)8-11(9)15)13(19)5-6-17(3)4/h5-8H,1-4H3. The number of hydrogen-bond acceptors (Lipinski definition) is 3. The fourth-order valence-electron chi connectivity index (χ4n) is 1.81. The maximum absolute atomic E-state index is 12.1. The molecule has 0 atom stereocenters. The SMILES string of the molecule is Cc1c(Br)cn2c(C(=O)C=CN(C)C)cnc2c1C. The lowest BCUT2D eigenvalue weighted by molar-refractivity contribution is 0.104. The highest BCUT2D eigenvalue weighted by atomic mass is 79.9. The van der Waals surface area contributed by atoms with Gasteiger partial charge in [-0.3, -0.25) is 9.20 Å². The molecule has 0 saturated heterocycles. The van der Waals surface area contributed by atoms with Gasteiger partial charge in [-0.25, -0.2) is 4.98 Å². The highest BCUT2D eigenvalue weighted by Gasteiger charge is 2.13. The van der Waals surface area contributed by atoms with Crippen LogP contribution in [0.3, 0.4) is 0 Å². The molecule has 0 bridgehead atoms. The predicted molar refractivity (Wildman–Crippen MR) is 79.5 cm³/mol. The lowest BCUT2D eigenvalue weighted by Gasteiger charge is -2.07. The third-order valence-electron chi connectivity index (χ3n) is 3.07. The van der Waals surface area contributed by atoms with E-state index >= 15 is 0 Å². The highest BCUT2D eigenvalue weighted by molar-refractivity contribution is 9.10. The molecule has 0 radical (unpaired) electrons. The highest BCUT2D eigenvalue weighted by Crippen LogP contribution is 2.23. The van der Waals surface area contributed by atoms with Gasteiger partial charge in [-0.1, -0.05) is 0 Å². The minimum Gasteiger partial charge on any atom is -0.383 e. The minimum atomic E-state index is -0.0589. The van der Waals surface area contributed by atoms with Crippen molar-refractivity contribution in [3.05, 3.63) is 46.0 Å². The second-order valence-electron chi connectivity index (χ2n) is 4.71. The Labute approximate surface area is 120 Å². The molecule has 4 nitrogen and oxygen atoms in total. The fourth-order valence-corrected chi connectivity index (χ4v) is 2.31. The molecule has 0 amide bonds. The molecule has 0 N–H and O–H groups in total. The summed E-state index contributed by atoms with van der Waals surface area (Å²) in [5.74, 6) is -0.0589. The van der Waals surface area contributed by atoms with Gasteiger partial charge in [-0.2, -0.15) is 0 Å². The third-order valence-corrected chi connectivity index (χ3v) is 3.87. The molecule has 0 spiro atoms. The van der Waals surface area contributed by atoms with Gasteiger partial charge in [-0.05, 0) is 40.9 Å². The van der Waals surface area contributed by atoms with Crippen molar-refractivity contribution in [2.24, 2.45) is 0 Å². The van der Waals surface area contributed by atoms with Crippen LogP contribution < -0.4 is 0 Å². The number of pyridine rings is 1. The van der Waals surface area contributed by atoms with E-state index in [0.29, 0.717) is 5.69 Å². The first kappa shape index (κ1) is 13.8. The van der Waals surface area contributed by atoms with Crippen LogP contribution in [-0.4, -0.2) is 34.2 Å². The van der Waals surface area contributed by atoms with Gasteiger partial charge in [0, 0.05) is 37.0 Å². The van der Waals surface area contributed by atoms with Crippen molar-refractivity contribution in [2.75, 3.05) is 14.1 Å². The molecule has 2 aromatic rings. The first-order valence-corrected chi connectivity index (χ1v) is 6.73. The van der Waals surface area contributed by atoms with E-state index < -0.39 is 0 Å². The van der Waals surface area contributed by atoms with E-state index in [1.165, 1.54) is 0 Å². The molecule has 100 valence electrons. The number of carbonyl (C=O) groups excluding carboxylic acids is 1. The van der Waals surface area contributed by atoms with Crippen LogP contribution in [-0.2, 0) is 0 Å². The van der Waals surface area contributed by atoms with Gasteiger partial charge in [0.2, 0.25) is 5.78 Å². The van der Waals surface area contributed by atoms with Crippen LogP contribution in [0.4, 0.5) is 0 Å². The number of carbonyl (C=O) groups is 1. The number of rotatable bonds is 3. The first-order chi connectivity index (χ1) is 8.91. The molecule has 0 aliphatic heterocycles. The van der Waals surface area contributed by atoms with E-state index in [0.717, 1.165) is 21.2 Å². The zero-order valence-corrected chi connectivity index (χ0v) is 13.0. The molecule has 0 fully saturated rings. The smallest absolute Gasteiger partial charge is 0.205 e. The number of hydrogen-bond donors (Lipinski definition) is 0. The van der Waals surface area contributed by atoms with Crippen molar-refractivity contribution in [2.45, 2.75) is 13.8 Å². The normalized spacial score (nSPS) is 11.4. The Kier molecular flexibility index (Phi) is 3.75. The molecule has 0 aliphatic rings. The molecule has 0 aromatic carbocycles. The molecule has 0 saturated carbocycles. The number of aromatic nitrogens is 2. The van der Waals surface area contributed by atoms with Crippen LogP contribution >= 0.6 is 15.9 Å². The van der Waals surface area contributed by atoms with E-state index in [1.54, 1.807) is 18.5 Å². The number of ketones is 1. The van der Waals surface area contributed by atoms with Gasteiger partial charge in [0.1, 0.15) is 11.3 Å². The number of halogens is 1. The molecule has 2 rings (SSSR count). The largest absolute Gasteiger partial charge is 0.383 e. The summed E-state index contributed by atoms with van der Waals surface area (Å²) in [5, 5.41) is 0. The Morgan fingerprint density at radius 1 is 1.37 bits per heavy atom. The zero-order valence-electron chi connectivity index (χ0n) is 11.4. The van der Waals surface area contributed by atoms with Gasteiger partial charge in [0.05, 0.1) is 6.20 Å². The summed E-state index contributed by atoms with van der Waals surface area (Å²) >= 11 is 3.51. The van der Waals surface area contributed by atoms with Gasteiger partial charge in [-0.15, -0.1) is 0 Å². The Bertz CT molecular complexity index is 671. The second-order valence-corrected chi connectivity index (χ2v) is 5.56. The summed E-state index contributed by atoms with van der Waals surface area (Å²) in [7, 11) is 3.75. The van der Waals surface area contributed by atoms with Crippen molar-refractivity contribution < 1.29 is 4.79 Å². The quantitative estimate of drug-likeness (QED) is 0.644. The Hall–Kier alpha value is -1.62. The van der Waals surface area contributed by atoms with Gasteiger partial charge >= 0.3 is 0 Å². The van der Waals surface area contributed by atoms with Crippen molar-refractivity contribution >= 4 is 27.4 Å². The number of imidazole rings is 1. The summed E-state index contributed by atoms with van der Waals surface area (Å²) in [4.78, 5) is 18.3. The zero-order chi connectivity index (χ0) is 14.2. The molecule has 0 aliphatic carbocycles. The molecular formula is C14H16BrN3O. The summed E-state index contributed by atoms with van der Waals surface area (Å²) in [6, 6.07) is 0. The van der Waals surface area contributed by atoms with Gasteiger partial charge in [0.25, 0.3) is 0 Å². The number of nitrogens with zero attached hydrogens (tertiary/aromatic N) is 3. The minimum absolute atomic E-state index is 0.0589. The Morgan fingerprint density at radius 3 is 2.68 bits per heavy atom. The Balaban J connectivity index is 2.55. The maximum atomic E-state index is 12.1. The number of aryl methyl sites for hydroxylation is 1. The summed E-state index contributed by atoms with van der Waals surface area (Å²) in [6.07, 6.45) is 6.79. The van der Waals surface area contributed by atoms with Gasteiger partial charge in [0.15, 0.2) is 0 Å². The lowest BCUT2D eigenvalue weighted by Crippen LogP contribution is -2.05. The molecule has 19 heavy (non-hydrogen) atoms. The summed E-state index contributed by atoms with van der Waals surface area (Å²) in [6.45, 7) is 4.04. The van der Waals surface area contributed by atoms with Crippen LogP contribution in [0.25, 0.3) is 5.65 Å². The van der Waals surface area contributed by atoms with Crippen molar-refractivity contribution in [1.29, 1.82) is 0 Å². The second kappa shape index (κ2) is 5.17. The van der Waals surface area contributed by atoms with Crippen molar-refractivity contribution in [1.82, 2.24) is 14.3 Å². The number of fused-ring (bicyclic) bond motifs is 1. The third kappa shape index (κ3) is 2.56. The fraction of sp³-hybridized carbons (Fsp3) is 0.286. The van der Waals surface area contributed by atoms with Crippen molar-refractivity contribution in [3.63, 3.8) is 0 Å². The van der Waals surface area contributed by atoms with E-state index in [9.17, 15) is 4.79 Å². The van der Waals surface area contributed by atoms with Crippen LogP contribution in [0.15, 0.2) is 29.1 Å². The molecule has 0 unspecified atom stereocenters. The maximum Gasteiger partial charge on any atom is 0.205 e. The summed E-state index contributed by atoms with van der Waals surface area (Å²) < 4.78 is 2.80. The molecule has 2 aromatic heterocycles. The summed E-state index contributed by atoms with van der Waals surface area (Å²) in [5.41, 5.74) is 3.60. The van der Waals surface area contributed by atoms with Crippen LogP contribution in [0, 0.1) is 13.8 Å². The van der Waals surface area contributed by atoms with Gasteiger partial charge < -0.3 is 4.90 Å². The monoisotopic (exact) mass is 321 g/mol. The van der Waals surface area contributed by atoms with Crippen molar-refractivity contribution in [3.8, 4) is 0 Å². The van der Waals surface area contributed by atoms with E-state index in [2.05, 4.69) is 20.9 Å². The van der Waals surface area contributed by atoms with E-state index in [4.69, 9.17) is 0 Å². The number of allylic oxidation sites excluding steroid dienone is 1. The molecular weight excluding hydrogens is 306 g/mol. The van der Waals surface area contributed by atoms with E-state index in [1.807, 2.05) is 43.4 Å². The lowest BCUT2D eigenvalue weighted by atomic mass is 10.2. The Morgan fingerprint density at radius 2 is 2.05 bits per heavy atom. The molecule has 2 heterocycles. The van der Waals surface area contributed by atoms with Crippen LogP contribution in [0.1, 0.15) is 21.6 Å². The first-order valence-electron chi connectivity index (χ1n) is 5.93. The molecule has 5 heteroatoms. The topological polar surface area (TPSA) is 37.6 Å². The van der Waals surface area contributed by atoms with Crippen LogP contribution in [0.5, 0.6) is 0 Å². The average molecular weight is 322 g/mol. The average Bonchev–Trinajstić information content (AvgIpc) is 2.77. The van der Waals surface area contributed by atoms with Crippen LogP contribution in [0.2, 0.25) is 0 Å². The predicted octanol–water partition coefficient (Wildman–Crippen LogP) is 2.97. The van der Waals surface area contributed by atoms with E-state index in [-0.39, 0.29) is 5.78 Å².